The molecule has 77 nitrogen and oxygen atoms in total. The van der Waals surface area contributed by atoms with Crippen molar-refractivity contribution in [2.45, 2.75) is 233 Å². The van der Waals surface area contributed by atoms with Crippen molar-refractivity contribution in [3.05, 3.63) is 11.8 Å². The molecule has 0 aromatic heterocycles. The van der Waals surface area contributed by atoms with Gasteiger partial charge in [-0.15, -0.1) is 0 Å². The van der Waals surface area contributed by atoms with Crippen molar-refractivity contribution in [2.24, 2.45) is 0 Å². The first-order chi connectivity index (χ1) is 61.7. The van der Waals surface area contributed by atoms with Crippen LogP contribution in [-0.4, -0.2) is 498 Å². The van der Waals surface area contributed by atoms with Gasteiger partial charge in [0, 0.05) is 0 Å². The summed E-state index contributed by atoms with van der Waals surface area (Å²) < 4.78 is 494. The number of hydrogen-bond acceptors (Lipinski definition) is 58. The maximum absolute atomic E-state index is 13.4. The van der Waals surface area contributed by atoms with Crippen molar-refractivity contribution in [1.29, 1.82) is 0 Å². The third-order valence-electron chi connectivity index (χ3n) is 18.8. The molecule has 8 aliphatic rings. The number of carboxylic acid groups (broad SMARTS) is 4. The van der Waals surface area contributed by atoms with Crippen molar-refractivity contribution in [3.63, 3.8) is 0 Å². The third-order valence-corrected chi connectivity index (χ3v) is 24.3. The highest BCUT2D eigenvalue weighted by molar-refractivity contribution is 7.85. The van der Waals surface area contributed by atoms with Crippen LogP contribution >= 0.6 is 0 Å². The van der Waals surface area contributed by atoms with Gasteiger partial charge in [-0.2, -0.15) is 111 Å². The molecular weight excluding hydrogens is 2150 g/mol. The summed E-state index contributed by atoms with van der Waals surface area (Å²) in [6, 6.07) is -12.1. The molecule has 0 saturated carbocycles. The van der Waals surface area contributed by atoms with E-state index in [0.29, 0.717) is 0 Å². The van der Waals surface area contributed by atoms with Gasteiger partial charge >= 0.3 is 138 Å². The van der Waals surface area contributed by atoms with Crippen molar-refractivity contribution < 1.29 is 334 Å². The van der Waals surface area contributed by atoms with Crippen molar-refractivity contribution in [1.82, 2.24) is 18.9 Å². The molecule has 8 rings (SSSR count). The lowest BCUT2D eigenvalue weighted by Gasteiger charge is -2.50. The number of aliphatic hydroxyl groups is 10. The van der Waals surface area contributed by atoms with E-state index in [1.54, 1.807) is 0 Å². The summed E-state index contributed by atoms with van der Waals surface area (Å²) in [6.07, 6.45) is -107. The van der Waals surface area contributed by atoms with Crippen LogP contribution in [0.25, 0.3) is 0 Å². The Morgan fingerprint density at radius 3 is 0.772 bits per heavy atom. The van der Waals surface area contributed by atoms with Gasteiger partial charge in [-0.25, -0.2) is 48.5 Å². The minimum Gasteiger partial charge on any atom is -0.479 e. The fourth-order valence-corrected chi connectivity index (χ4v) is 18.9. The highest BCUT2D eigenvalue weighted by Crippen LogP contribution is 2.42. The molecular formula is C48H76N4O73S11. The van der Waals surface area contributed by atoms with Crippen LogP contribution in [0.4, 0.5) is 0 Å². The van der Waals surface area contributed by atoms with E-state index in [-0.39, 0.29) is 6.08 Å². The maximum Gasteiger partial charge on any atom is 0.397 e. The first-order valence-electron chi connectivity index (χ1n) is 35.4. The van der Waals surface area contributed by atoms with Crippen LogP contribution in [0.15, 0.2) is 11.8 Å². The summed E-state index contributed by atoms with van der Waals surface area (Å²) in [5, 5.41) is 156. The zero-order valence-corrected chi connectivity index (χ0v) is 74.1. The van der Waals surface area contributed by atoms with E-state index in [2.05, 4.69) is 29.3 Å². The summed E-state index contributed by atoms with van der Waals surface area (Å²) >= 11 is 0. The van der Waals surface area contributed by atoms with Crippen LogP contribution in [-0.2, 0) is 234 Å². The van der Waals surface area contributed by atoms with Crippen LogP contribution in [0.1, 0.15) is 0 Å². The number of carbonyl (C=O) groups is 4. The average Bonchev–Trinajstić information content (AvgIpc) is 0.755. The van der Waals surface area contributed by atoms with Gasteiger partial charge in [0.25, 0.3) is 0 Å². The summed E-state index contributed by atoms with van der Waals surface area (Å²) in [4.78, 5) is 51.7. The van der Waals surface area contributed by atoms with Gasteiger partial charge in [-0.3, -0.25) is 50.1 Å². The second-order valence-corrected chi connectivity index (χ2v) is 40.4. The predicted octanol–water partition coefficient (Wildman–Crippen LogP) is -20.5. The Hall–Kier alpha value is -4.97. The Morgan fingerprint density at radius 1 is 0.287 bits per heavy atom. The van der Waals surface area contributed by atoms with E-state index < -0.39 is 403 Å². The molecule has 0 bridgehead atoms. The average molecular weight is 2230 g/mol. The van der Waals surface area contributed by atoms with Gasteiger partial charge in [0.2, 0.25) is 12.0 Å². The summed E-state index contributed by atoms with van der Waals surface area (Å²) in [5.74, 6) is -11.5. The molecule has 0 unspecified atom stereocenters. The normalized spacial score (nSPS) is 39.2. The summed E-state index contributed by atoms with van der Waals surface area (Å²) in [7, 11) is -67.0. The number of aliphatic hydroxyl groups excluding tert-OH is 10. The Balaban J connectivity index is 1.15. The van der Waals surface area contributed by atoms with E-state index in [9.17, 15) is 233 Å². The zero-order chi connectivity index (χ0) is 103. The molecule has 136 heavy (non-hydrogen) atoms. The lowest BCUT2D eigenvalue weighted by atomic mass is 9.94. The molecule has 0 spiro atoms. The molecule has 88 heteroatoms. The molecule has 7 fully saturated rings. The number of aliphatic carboxylic acids is 4. The highest BCUT2D eigenvalue weighted by Gasteiger charge is 2.64. The van der Waals surface area contributed by atoms with Crippen molar-refractivity contribution in [2.75, 3.05) is 26.4 Å². The molecule has 0 aliphatic carbocycles. The second-order valence-electron chi connectivity index (χ2n) is 28.2. The van der Waals surface area contributed by atoms with Crippen LogP contribution in [0.2, 0.25) is 0 Å². The number of rotatable bonds is 44. The molecule has 0 radical (unpaired) electrons. The highest BCUT2D eigenvalue weighted by atomic mass is 32.3. The predicted molar refractivity (Wildman–Crippen MR) is 388 cm³/mol. The lowest BCUT2D eigenvalue weighted by Crippen LogP contribution is -2.71. The first-order valence-corrected chi connectivity index (χ1v) is 50.7. The van der Waals surface area contributed by atoms with Gasteiger partial charge in [0.05, 0.1) is 26.4 Å². The Kier molecular flexibility index (Phi) is 37.9. The van der Waals surface area contributed by atoms with Gasteiger partial charge in [0.15, 0.2) is 86.8 Å². The van der Waals surface area contributed by atoms with Crippen LogP contribution in [0.5, 0.6) is 0 Å². The molecule has 0 aromatic carbocycles. The minimum absolute atomic E-state index is 0.165. The topological polar surface area (TPSA) is 1200 Å². The fourth-order valence-electron chi connectivity index (χ4n) is 13.7. The maximum atomic E-state index is 13.4. The minimum atomic E-state index is -6.49. The Bertz CT molecular complexity index is 5620. The van der Waals surface area contributed by atoms with Gasteiger partial charge in [0.1, 0.15) is 140 Å². The van der Waals surface area contributed by atoms with Crippen molar-refractivity contribution >= 4 is 138 Å². The lowest BCUT2D eigenvalue weighted by molar-refractivity contribution is -0.378. The Morgan fingerprint density at radius 2 is 0.529 bits per heavy atom. The Labute approximate surface area is 758 Å². The van der Waals surface area contributed by atoms with E-state index in [1.165, 1.54) is 4.72 Å². The molecule has 8 aliphatic heterocycles. The van der Waals surface area contributed by atoms with Gasteiger partial charge < -0.3 is 143 Å². The molecule has 29 N–H and O–H groups in total. The van der Waals surface area contributed by atoms with Crippen molar-refractivity contribution in [3.8, 4) is 0 Å². The molecule has 0 amide bonds. The van der Waals surface area contributed by atoms with E-state index in [4.69, 9.17) is 71.1 Å². The largest absolute Gasteiger partial charge is 0.479 e. The first kappa shape index (κ1) is 116. The van der Waals surface area contributed by atoms with Crippen LogP contribution in [0.3, 0.4) is 0 Å². The zero-order valence-electron chi connectivity index (χ0n) is 65.1. The summed E-state index contributed by atoms with van der Waals surface area (Å²) in [5.41, 5.74) is 0. The van der Waals surface area contributed by atoms with E-state index in [0.717, 1.165) is 14.2 Å². The van der Waals surface area contributed by atoms with E-state index >= 15 is 0 Å². The fraction of sp³-hybridized carbons (Fsp3) is 0.875. The monoisotopic (exact) mass is 2230 g/mol. The number of nitrogens with one attached hydrogen (secondary N) is 4. The quantitative estimate of drug-likeness (QED) is 0.0252. The number of hydrogen-bond donors (Lipinski definition) is 29. The molecule has 8 heterocycles. The smallest absolute Gasteiger partial charge is 0.397 e. The molecule has 0 aromatic rings. The summed E-state index contributed by atoms with van der Waals surface area (Å²) in [6.45, 7) is -7.60. The van der Waals surface area contributed by atoms with Crippen LogP contribution in [0, 0.1) is 0 Å². The number of carboxylic acids is 4. The van der Waals surface area contributed by atoms with Crippen LogP contribution < -0.4 is 18.9 Å². The standard InChI is InChI=1S/C48H76N4O73S11/c53-2-8-24(16(55)12(41(70)107-8)49-126(71,72)73)112-46-31(123-134(95,96)97)20(59)28(34(119-46)38(64)65)116-43-14(51-128(77,78)79)18(57)26(10(110-43)4-105-131(86,87)88)114-48-33(125-136(101,102)103)22(61)30(36(121-48)40(68)69)118-44-15(52-129(80,81)82)19(58)27(11(111-44)5-106-132(89,90)91)115-47-32(124-135(98,99)100)21(60)29(35(120-47)39(66)67)117-42-13(50-127(74,75)76)17(56)25(9(109-42)3-104-130(83,84)85)113-45-23(122-133(92,93)94)6(54)1-7(108-45)37(62)63/h1,6,8-36,41-61,70H,2-5H2,(H,62,63)(H,64,65)(H,66,67)(H,68,69)(H,71,72,73)(H,74,75,76)(H,77,78,79)(H,80,81,82)(H,83,84,85)(H,86,87,88)(H,89,90,91)(H,92,93,94)(H,95,96,97)(H,98,99,100)(H,101,102,103)/t6-,8+,9+,10+,11+,12+,13+,14+,15+,16+,17+,18+,19+,20-,21-,22-,23+,24+,25+,26+,27+,28-,29-,30-,31+,32+,33+,34+,35+,36+,41-,42+,43+,44+,45-,46+,47+,48+/m0/s1. The molecule has 7 saturated heterocycles. The number of ether oxygens (including phenoxy) is 15. The van der Waals surface area contributed by atoms with E-state index in [1.807, 2.05) is 0 Å². The molecule has 38 atom stereocenters. The SMILES string of the molecule is O=C(O)C1=C[C@H](O)[C@@H](OS(=O)(=O)O)[C@H](O[C@H]2[C@H](O)[C@@H](NS(=O)(=O)O)[C@@H](O[C@H]3[C@H](O)[C@@H](OS(=O)(=O)O)[C@H](O[C@H]4[C@H](O)[C@@H](NS(=O)(=O)O)[C@@H](O[C@H]5[C@H](O)[C@@H](OS(=O)(=O)O)[C@H](O[C@H]6[C@H](O)[C@@H](NS(=O)(=O)O)[C@@H](O[C@H]7[C@H](O)[C@@H](OS(=O)(=O)O)[C@H](O[C@H]8[C@H](O)[C@@H](NS(=O)(=O)O)[C@@H](O)O[C@@H]8CO)O[C@H]7C(=O)O)O[C@@H]6COS(=O)(=O)O)O[C@H]5C(=O)O)O[C@@H]4COS(=O)(=O)O)O[C@H]3C(=O)O)O[C@@H]2COS(=O)(=O)O)O1. The third kappa shape index (κ3) is 32.5. The van der Waals surface area contributed by atoms with Gasteiger partial charge in [-0.05, 0) is 6.08 Å². The molecule has 792 valence electrons. The van der Waals surface area contributed by atoms with Gasteiger partial charge in [-0.1, -0.05) is 0 Å². The second kappa shape index (κ2) is 44.3.